The van der Waals surface area contributed by atoms with Crippen molar-refractivity contribution in [2.45, 2.75) is 32.2 Å². The van der Waals surface area contributed by atoms with Crippen molar-refractivity contribution in [2.24, 2.45) is 5.41 Å². The summed E-state index contributed by atoms with van der Waals surface area (Å²) in [6.45, 7) is 5.28. The predicted octanol–water partition coefficient (Wildman–Crippen LogP) is 2.96. The molecular formula is C16H21N3O. The van der Waals surface area contributed by atoms with Gasteiger partial charge < -0.3 is 14.6 Å². The van der Waals surface area contributed by atoms with Crippen molar-refractivity contribution >= 4 is 17.0 Å². The van der Waals surface area contributed by atoms with E-state index in [1.807, 2.05) is 6.07 Å². The maximum Gasteiger partial charge on any atom is 0.204 e. The first kappa shape index (κ1) is 12.2. The Balaban J connectivity index is 1.65. The van der Waals surface area contributed by atoms with E-state index in [4.69, 9.17) is 9.72 Å². The zero-order valence-corrected chi connectivity index (χ0v) is 11.9. The molecule has 0 aliphatic carbocycles. The van der Waals surface area contributed by atoms with E-state index in [0.717, 1.165) is 36.7 Å². The first-order chi connectivity index (χ1) is 9.78. The minimum absolute atomic E-state index is 0.428. The Bertz CT molecular complexity index is 582. The monoisotopic (exact) mass is 271 g/mol. The number of aromatic amines is 1. The Morgan fingerprint density at radius 2 is 2.05 bits per heavy atom. The molecule has 1 aromatic heterocycles. The number of aromatic nitrogens is 2. The number of ether oxygens (including phenoxy) is 1. The number of nitrogens with zero attached hydrogens (tertiary/aromatic N) is 2. The molecule has 0 unspecified atom stereocenters. The summed E-state index contributed by atoms with van der Waals surface area (Å²) >= 11 is 0. The maximum absolute atomic E-state index is 5.55. The lowest BCUT2D eigenvalue weighted by Gasteiger charge is -2.38. The fourth-order valence-electron chi connectivity index (χ4n) is 3.89. The largest absolute Gasteiger partial charge is 0.381 e. The van der Waals surface area contributed by atoms with Crippen LogP contribution in [0.1, 0.15) is 26.2 Å². The third-order valence-electron chi connectivity index (χ3n) is 5.34. The van der Waals surface area contributed by atoms with E-state index < -0.39 is 0 Å². The van der Waals surface area contributed by atoms with Crippen molar-refractivity contribution in [3.8, 4) is 0 Å². The lowest BCUT2D eigenvalue weighted by atomic mass is 9.74. The van der Waals surface area contributed by atoms with Gasteiger partial charge in [-0.15, -0.1) is 0 Å². The number of hydrogen-bond donors (Lipinski definition) is 1. The summed E-state index contributed by atoms with van der Waals surface area (Å²) in [5.41, 5.74) is 2.61. The first-order valence-corrected chi connectivity index (χ1v) is 7.58. The molecule has 1 atom stereocenters. The van der Waals surface area contributed by atoms with Crippen molar-refractivity contribution in [3.05, 3.63) is 24.3 Å². The molecule has 2 saturated heterocycles. The van der Waals surface area contributed by atoms with Crippen LogP contribution >= 0.6 is 0 Å². The van der Waals surface area contributed by atoms with Gasteiger partial charge in [0.1, 0.15) is 0 Å². The van der Waals surface area contributed by atoms with Crippen LogP contribution in [0.4, 0.5) is 5.95 Å². The van der Waals surface area contributed by atoms with Gasteiger partial charge in [0, 0.05) is 25.8 Å². The van der Waals surface area contributed by atoms with Gasteiger partial charge in [-0.3, -0.25) is 0 Å². The molecule has 4 heteroatoms. The molecule has 2 fully saturated rings. The average Bonchev–Trinajstić information content (AvgIpc) is 3.03. The molecular weight excluding hydrogens is 250 g/mol. The molecule has 2 aliphatic heterocycles. The average molecular weight is 271 g/mol. The van der Waals surface area contributed by atoms with Gasteiger partial charge in [-0.2, -0.15) is 0 Å². The summed E-state index contributed by atoms with van der Waals surface area (Å²) in [4.78, 5) is 10.7. The number of hydrogen-bond acceptors (Lipinski definition) is 3. The minimum Gasteiger partial charge on any atom is -0.381 e. The van der Waals surface area contributed by atoms with E-state index in [-0.39, 0.29) is 0 Å². The number of anilines is 1. The van der Waals surface area contributed by atoms with Gasteiger partial charge in [-0.25, -0.2) is 4.98 Å². The van der Waals surface area contributed by atoms with Crippen LogP contribution in [0, 0.1) is 5.41 Å². The molecule has 106 valence electrons. The van der Waals surface area contributed by atoms with Crippen LogP contribution in [0.25, 0.3) is 11.0 Å². The van der Waals surface area contributed by atoms with Crippen LogP contribution in [0.3, 0.4) is 0 Å². The Kier molecular flexibility index (Phi) is 2.74. The molecule has 0 amide bonds. The molecule has 1 N–H and O–H groups in total. The molecule has 0 radical (unpaired) electrons. The highest BCUT2D eigenvalue weighted by Gasteiger charge is 2.46. The Labute approximate surface area is 119 Å². The quantitative estimate of drug-likeness (QED) is 0.867. The summed E-state index contributed by atoms with van der Waals surface area (Å²) in [5.74, 6) is 1.03. The van der Waals surface area contributed by atoms with E-state index in [1.165, 1.54) is 19.3 Å². The lowest BCUT2D eigenvalue weighted by molar-refractivity contribution is 0.0128. The predicted molar refractivity (Wildman–Crippen MR) is 80.0 cm³/mol. The molecule has 0 saturated carbocycles. The van der Waals surface area contributed by atoms with E-state index in [9.17, 15) is 0 Å². The third-order valence-corrected chi connectivity index (χ3v) is 5.34. The summed E-state index contributed by atoms with van der Waals surface area (Å²) < 4.78 is 5.55. The third kappa shape index (κ3) is 1.74. The molecule has 0 bridgehead atoms. The number of nitrogens with one attached hydrogen (secondary N) is 1. The molecule has 2 aliphatic rings. The summed E-state index contributed by atoms with van der Waals surface area (Å²) in [7, 11) is 0. The number of imidazole rings is 1. The number of rotatable bonds is 1. The lowest BCUT2D eigenvalue weighted by Crippen LogP contribution is -2.41. The maximum atomic E-state index is 5.55. The van der Waals surface area contributed by atoms with Crippen molar-refractivity contribution < 1.29 is 4.74 Å². The van der Waals surface area contributed by atoms with Crippen LogP contribution in [-0.2, 0) is 4.74 Å². The normalized spacial score (nSPS) is 25.6. The van der Waals surface area contributed by atoms with E-state index >= 15 is 0 Å². The minimum atomic E-state index is 0.428. The molecule has 2 aromatic rings. The molecule has 1 spiro atoms. The van der Waals surface area contributed by atoms with Crippen molar-refractivity contribution in [3.63, 3.8) is 0 Å². The van der Waals surface area contributed by atoms with Gasteiger partial charge in [0.05, 0.1) is 11.0 Å². The van der Waals surface area contributed by atoms with Gasteiger partial charge in [0.2, 0.25) is 5.95 Å². The van der Waals surface area contributed by atoms with Gasteiger partial charge >= 0.3 is 0 Å². The smallest absolute Gasteiger partial charge is 0.204 e. The molecule has 4 rings (SSSR count). The topological polar surface area (TPSA) is 41.2 Å². The molecule has 3 heterocycles. The fourth-order valence-corrected chi connectivity index (χ4v) is 3.89. The Morgan fingerprint density at radius 3 is 2.85 bits per heavy atom. The molecule has 1 aromatic carbocycles. The highest BCUT2D eigenvalue weighted by molar-refractivity contribution is 5.77. The second kappa shape index (κ2) is 4.48. The van der Waals surface area contributed by atoms with Gasteiger partial charge in [-0.1, -0.05) is 12.1 Å². The van der Waals surface area contributed by atoms with Gasteiger partial charge in [-0.05, 0) is 43.7 Å². The zero-order chi connectivity index (χ0) is 13.6. The van der Waals surface area contributed by atoms with E-state index in [1.54, 1.807) is 0 Å². The standard InChI is InChI=1S/C16H21N3O/c1-12-16(7-10-20-11-8-16)6-9-19(12)15-17-13-4-2-3-5-14(13)18-15/h2-5,12H,6-11H2,1H3,(H,17,18)/t12-/m0/s1. The van der Waals surface area contributed by atoms with E-state index in [0.29, 0.717) is 11.5 Å². The number of H-pyrrole nitrogens is 1. The van der Waals surface area contributed by atoms with Gasteiger partial charge in [0.15, 0.2) is 0 Å². The summed E-state index contributed by atoms with van der Waals surface area (Å²) in [6, 6.07) is 8.79. The van der Waals surface area contributed by atoms with Crippen molar-refractivity contribution in [1.29, 1.82) is 0 Å². The molecule has 20 heavy (non-hydrogen) atoms. The fraction of sp³-hybridized carbons (Fsp3) is 0.562. The van der Waals surface area contributed by atoms with Crippen molar-refractivity contribution in [2.75, 3.05) is 24.7 Å². The summed E-state index contributed by atoms with van der Waals surface area (Å²) in [5, 5.41) is 0. The summed E-state index contributed by atoms with van der Waals surface area (Å²) in [6.07, 6.45) is 3.63. The van der Waals surface area contributed by atoms with Crippen LogP contribution in [-0.4, -0.2) is 35.8 Å². The number of fused-ring (bicyclic) bond motifs is 1. The van der Waals surface area contributed by atoms with Crippen molar-refractivity contribution in [1.82, 2.24) is 9.97 Å². The highest BCUT2D eigenvalue weighted by Crippen LogP contribution is 2.45. The molecule has 4 nitrogen and oxygen atoms in total. The SMILES string of the molecule is C[C@@H]1N(c2nc3ccccc3[nH]2)CCC12CCOCC2. The van der Waals surface area contributed by atoms with E-state index in [2.05, 4.69) is 35.0 Å². The van der Waals surface area contributed by atoms with Crippen LogP contribution < -0.4 is 4.90 Å². The second-order valence-electron chi connectivity index (χ2n) is 6.17. The second-order valence-corrected chi connectivity index (χ2v) is 6.17. The first-order valence-electron chi connectivity index (χ1n) is 7.58. The van der Waals surface area contributed by atoms with Crippen LogP contribution in [0.5, 0.6) is 0 Å². The number of para-hydroxylation sites is 2. The van der Waals surface area contributed by atoms with Crippen LogP contribution in [0.2, 0.25) is 0 Å². The Hall–Kier alpha value is -1.55. The van der Waals surface area contributed by atoms with Crippen LogP contribution in [0.15, 0.2) is 24.3 Å². The van der Waals surface area contributed by atoms with Gasteiger partial charge in [0.25, 0.3) is 0 Å². The zero-order valence-electron chi connectivity index (χ0n) is 11.9. The highest BCUT2D eigenvalue weighted by atomic mass is 16.5. The Morgan fingerprint density at radius 1 is 1.25 bits per heavy atom. The number of benzene rings is 1.